The Morgan fingerprint density at radius 3 is 2.37 bits per heavy atom. The molecule has 0 N–H and O–H groups in total. The van der Waals surface area contributed by atoms with E-state index in [0.717, 1.165) is 0 Å². The first-order valence-corrected chi connectivity index (χ1v) is 7.38. The van der Waals surface area contributed by atoms with Crippen molar-refractivity contribution in [2.75, 3.05) is 13.2 Å². The number of aromatic nitrogens is 1. The van der Waals surface area contributed by atoms with Crippen molar-refractivity contribution in [3.8, 4) is 11.9 Å². The van der Waals surface area contributed by atoms with Gasteiger partial charge in [0.25, 0.3) is 0 Å². The van der Waals surface area contributed by atoms with Gasteiger partial charge in [0.2, 0.25) is 5.88 Å². The second-order valence-corrected chi connectivity index (χ2v) is 5.34. The number of phosphoric acid groups is 1. The predicted molar refractivity (Wildman–Crippen MR) is 69.9 cm³/mol. The Bertz CT molecular complexity index is 529. The van der Waals surface area contributed by atoms with Gasteiger partial charge in [-0.1, -0.05) is 0 Å². The molecule has 7 heteroatoms. The van der Waals surface area contributed by atoms with Crippen LogP contribution in [0.3, 0.4) is 0 Å². The molecule has 1 aromatic rings. The van der Waals surface area contributed by atoms with E-state index >= 15 is 0 Å². The Kier molecular flexibility index (Phi) is 5.49. The molecule has 0 unspecified atom stereocenters. The zero-order valence-corrected chi connectivity index (χ0v) is 12.4. The monoisotopic (exact) mass is 284 g/mol. The molecule has 0 aliphatic carbocycles. The lowest BCUT2D eigenvalue weighted by atomic mass is 10.1. The lowest BCUT2D eigenvalue weighted by molar-refractivity contribution is 0.165. The van der Waals surface area contributed by atoms with Crippen molar-refractivity contribution in [3.63, 3.8) is 0 Å². The molecule has 1 heterocycles. The summed E-state index contributed by atoms with van der Waals surface area (Å²) in [6.07, 6.45) is 0. The summed E-state index contributed by atoms with van der Waals surface area (Å²) in [6, 6.07) is 3.73. The summed E-state index contributed by atoms with van der Waals surface area (Å²) >= 11 is 0. The number of nitriles is 1. The average molecular weight is 284 g/mol. The first-order valence-electron chi connectivity index (χ1n) is 5.92. The van der Waals surface area contributed by atoms with Gasteiger partial charge in [0.05, 0.1) is 13.2 Å². The van der Waals surface area contributed by atoms with Crippen LogP contribution < -0.4 is 4.52 Å². The van der Waals surface area contributed by atoms with Crippen LogP contribution in [0.5, 0.6) is 5.88 Å². The fourth-order valence-corrected chi connectivity index (χ4v) is 2.67. The lowest BCUT2D eigenvalue weighted by Crippen LogP contribution is -2.05. The van der Waals surface area contributed by atoms with Gasteiger partial charge in [-0.05, 0) is 39.3 Å². The first kappa shape index (κ1) is 15.6. The maximum Gasteiger partial charge on any atom is 0.531 e. The van der Waals surface area contributed by atoms with Gasteiger partial charge in [-0.2, -0.15) is 5.26 Å². The van der Waals surface area contributed by atoms with Gasteiger partial charge in [-0.25, -0.2) is 9.55 Å². The topological polar surface area (TPSA) is 81.4 Å². The van der Waals surface area contributed by atoms with Crippen LogP contribution in [0, 0.1) is 25.2 Å². The maximum absolute atomic E-state index is 12.3. The van der Waals surface area contributed by atoms with Crippen molar-refractivity contribution >= 4 is 7.82 Å². The fraction of sp³-hybridized carbons (Fsp3) is 0.500. The van der Waals surface area contributed by atoms with Crippen LogP contribution in [0.1, 0.15) is 30.7 Å². The Hall–Kier alpha value is -1.41. The number of aryl methyl sites for hydroxylation is 2. The molecule has 0 bridgehead atoms. The van der Waals surface area contributed by atoms with E-state index < -0.39 is 7.82 Å². The minimum absolute atomic E-state index is 0.0229. The molecule has 0 aliphatic heterocycles. The Labute approximate surface area is 112 Å². The molecule has 6 nitrogen and oxygen atoms in total. The molecule has 0 radical (unpaired) electrons. The van der Waals surface area contributed by atoms with E-state index in [9.17, 15) is 4.57 Å². The van der Waals surface area contributed by atoms with E-state index in [0.29, 0.717) is 11.3 Å². The third kappa shape index (κ3) is 4.03. The van der Waals surface area contributed by atoms with Crippen LogP contribution in [-0.4, -0.2) is 18.2 Å². The van der Waals surface area contributed by atoms with Crippen molar-refractivity contribution < 1.29 is 18.1 Å². The molecule has 0 saturated heterocycles. The zero-order valence-electron chi connectivity index (χ0n) is 11.5. The molecule has 1 rings (SSSR count). The minimum Gasteiger partial charge on any atom is -0.384 e. The highest BCUT2D eigenvalue weighted by molar-refractivity contribution is 7.48. The number of nitrogens with zero attached hydrogens (tertiary/aromatic N) is 2. The molecule has 0 saturated carbocycles. The van der Waals surface area contributed by atoms with E-state index in [1.807, 2.05) is 6.07 Å². The third-order valence-electron chi connectivity index (χ3n) is 2.20. The van der Waals surface area contributed by atoms with Gasteiger partial charge >= 0.3 is 7.82 Å². The van der Waals surface area contributed by atoms with Crippen molar-refractivity contribution in [2.45, 2.75) is 27.7 Å². The summed E-state index contributed by atoms with van der Waals surface area (Å²) in [5.74, 6) is -0.0229. The van der Waals surface area contributed by atoms with E-state index in [4.69, 9.17) is 18.8 Å². The summed E-state index contributed by atoms with van der Waals surface area (Å²) in [5, 5.41) is 9.11. The van der Waals surface area contributed by atoms with E-state index in [-0.39, 0.29) is 24.7 Å². The number of pyridine rings is 1. The molecule has 0 atom stereocenters. The van der Waals surface area contributed by atoms with Gasteiger partial charge in [0.15, 0.2) is 0 Å². The molecular formula is C12H17N2O4P. The summed E-state index contributed by atoms with van der Waals surface area (Å²) < 4.78 is 27.5. The number of phosphoric ester groups is 1. The molecule has 0 aliphatic rings. The van der Waals surface area contributed by atoms with Crippen LogP contribution in [0.15, 0.2) is 6.07 Å². The second kappa shape index (κ2) is 6.67. The Balaban J connectivity index is 3.16. The van der Waals surface area contributed by atoms with Crippen LogP contribution in [0.2, 0.25) is 0 Å². The summed E-state index contributed by atoms with van der Waals surface area (Å²) in [7, 11) is -3.73. The van der Waals surface area contributed by atoms with E-state index in [1.54, 1.807) is 33.8 Å². The van der Waals surface area contributed by atoms with Gasteiger partial charge in [-0.3, -0.25) is 9.05 Å². The van der Waals surface area contributed by atoms with Crippen LogP contribution in [0.4, 0.5) is 0 Å². The summed E-state index contributed by atoms with van der Waals surface area (Å²) in [4.78, 5) is 4.08. The highest BCUT2D eigenvalue weighted by atomic mass is 31.2. The average Bonchev–Trinajstić information content (AvgIpc) is 2.28. The van der Waals surface area contributed by atoms with Crippen LogP contribution in [-0.2, 0) is 13.6 Å². The molecule has 0 aromatic carbocycles. The van der Waals surface area contributed by atoms with Crippen molar-refractivity contribution in [1.82, 2.24) is 4.98 Å². The molecule has 0 fully saturated rings. The second-order valence-electron chi connectivity index (χ2n) is 3.75. The van der Waals surface area contributed by atoms with Crippen molar-refractivity contribution in [3.05, 3.63) is 22.9 Å². The fourth-order valence-electron chi connectivity index (χ4n) is 1.52. The smallest absolute Gasteiger partial charge is 0.384 e. The number of rotatable bonds is 6. The SMILES string of the molecule is CCOP(=O)(OCC)Oc1nc(C)cc(C)c1C#N. The Morgan fingerprint density at radius 1 is 1.32 bits per heavy atom. The standard InChI is InChI=1S/C12H17N2O4P/c1-5-16-19(15,17-6-2)18-12-11(8-13)9(3)7-10(4)14-12/h7H,5-6H2,1-4H3. The largest absolute Gasteiger partial charge is 0.531 e. The number of hydrogen-bond donors (Lipinski definition) is 0. The summed E-state index contributed by atoms with van der Waals surface area (Å²) in [6.45, 7) is 7.21. The number of hydrogen-bond acceptors (Lipinski definition) is 6. The maximum atomic E-state index is 12.3. The molecule has 19 heavy (non-hydrogen) atoms. The quantitative estimate of drug-likeness (QED) is 0.746. The van der Waals surface area contributed by atoms with Gasteiger partial charge in [0, 0.05) is 5.69 Å². The molecule has 1 aromatic heterocycles. The third-order valence-corrected chi connectivity index (χ3v) is 3.74. The van der Waals surface area contributed by atoms with Crippen molar-refractivity contribution in [1.29, 1.82) is 5.26 Å². The van der Waals surface area contributed by atoms with Crippen LogP contribution >= 0.6 is 7.82 Å². The molecule has 0 amide bonds. The highest BCUT2D eigenvalue weighted by Crippen LogP contribution is 2.49. The van der Waals surface area contributed by atoms with Crippen molar-refractivity contribution in [2.24, 2.45) is 0 Å². The molecule has 104 valence electrons. The van der Waals surface area contributed by atoms with E-state index in [2.05, 4.69) is 4.98 Å². The molecular weight excluding hydrogens is 267 g/mol. The van der Waals surface area contributed by atoms with Gasteiger partial charge in [-0.15, -0.1) is 0 Å². The highest BCUT2D eigenvalue weighted by Gasteiger charge is 2.29. The zero-order chi connectivity index (χ0) is 14.5. The molecule has 0 spiro atoms. The van der Waals surface area contributed by atoms with Crippen LogP contribution in [0.25, 0.3) is 0 Å². The summed E-state index contributed by atoms with van der Waals surface area (Å²) in [5.41, 5.74) is 1.58. The normalized spacial score (nSPS) is 11.1. The first-order chi connectivity index (χ1) is 8.95. The van der Waals surface area contributed by atoms with Gasteiger partial charge in [0.1, 0.15) is 11.6 Å². The minimum atomic E-state index is -3.73. The van der Waals surface area contributed by atoms with E-state index in [1.165, 1.54) is 0 Å². The lowest BCUT2D eigenvalue weighted by Gasteiger charge is -2.17. The Morgan fingerprint density at radius 2 is 1.89 bits per heavy atom. The van der Waals surface area contributed by atoms with Gasteiger partial charge < -0.3 is 4.52 Å². The predicted octanol–water partition coefficient (Wildman–Crippen LogP) is 3.13.